The fourth-order valence-corrected chi connectivity index (χ4v) is 3.32. The molecule has 2 aromatic carbocycles. The third-order valence-electron chi connectivity index (χ3n) is 5.01. The van der Waals surface area contributed by atoms with E-state index in [9.17, 15) is 4.79 Å². The van der Waals surface area contributed by atoms with Crippen LogP contribution in [0.2, 0.25) is 0 Å². The first kappa shape index (κ1) is 20.2. The van der Waals surface area contributed by atoms with Gasteiger partial charge in [0.1, 0.15) is 6.61 Å². The monoisotopic (exact) mass is 352 g/mol. The van der Waals surface area contributed by atoms with E-state index in [0.29, 0.717) is 12.2 Å². The molecule has 1 fully saturated rings. The molecule has 0 atom stereocenters. The Balaban J connectivity index is 0.000000758. The predicted molar refractivity (Wildman–Crippen MR) is 109 cm³/mol. The molecule has 2 aromatic rings. The van der Waals surface area contributed by atoms with Crippen molar-refractivity contribution in [1.82, 2.24) is 0 Å². The molecule has 0 aliphatic heterocycles. The van der Waals surface area contributed by atoms with Gasteiger partial charge in [0.2, 0.25) is 0 Å². The van der Waals surface area contributed by atoms with E-state index in [1.165, 1.54) is 23.1 Å². The van der Waals surface area contributed by atoms with Crippen LogP contribution in [0.25, 0.3) is 0 Å². The number of benzene rings is 2. The molecule has 1 aliphatic carbocycles. The van der Waals surface area contributed by atoms with Gasteiger partial charge in [-0.25, -0.2) is 4.79 Å². The molecule has 2 nitrogen and oxygen atoms in total. The lowest BCUT2D eigenvalue weighted by Gasteiger charge is -2.18. The molecule has 1 aliphatic rings. The molecule has 2 heteroatoms. The molecule has 0 aromatic heterocycles. The zero-order valence-corrected chi connectivity index (χ0v) is 16.9. The highest BCUT2D eigenvalue weighted by molar-refractivity contribution is 5.89. The molecule has 0 heterocycles. The van der Waals surface area contributed by atoms with Crippen LogP contribution >= 0.6 is 0 Å². The van der Waals surface area contributed by atoms with Crippen molar-refractivity contribution in [3.8, 4) is 0 Å². The lowest BCUT2D eigenvalue weighted by atomic mass is 9.93. The van der Waals surface area contributed by atoms with Crippen LogP contribution in [0.1, 0.15) is 72.6 Å². The van der Waals surface area contributed by atoms with Crippen molar-refractivity contribution in [2.24, 2.45) is 0 Å². The summed E-state index contributed by atoms with van der Waals surface area (Å²) in [6, 6.07) is 14.3. The number of carbonyl (C=O) groups excluding carboxylic acids is 1. The fraction of sp³-hybridized carbons (Fsp3) is 0.458. The van der Waals surface area contributed by atoms with E-state index in [1.807, 2.05) is 25.1 Å². The first-order chi connectivity index (χ1) is 12.5. The van der Waals surface area contributed by atoms with Gasteiger partial charge in [-0.2, -0.15) is 0 Å². The molecular formula is C24H32O2. The van der Waals surface area contributed by atoms with E-state index in [4.69, 9.17) is 4.74 Å². The summed E-state index contributed by atoms with van der Waals surface area (Å²) in [5.74, 6) is -0.212. The predicted octanol–water partition coefficient (Wildman–Crippen LogP) is 6.17. The van der Waals surface area contributed by atoms with Crippen molar-refractivity contribution < 1.29 is 9.53 Å². The number of hydrogen-bond donors (Lipinski definition) is 0. The first-order valence-electron chi connectivity index (χ1n) is 9.80. The van der Waals surface area contributed by atoms with E-state index in [1.54, 1.807) is 0 Å². The van der Waals surface area contributed by atoms with Crippen LogP contribution in [0.5, 0.6) is 0 Å². The van der Waals surface area contributed by atoms with Crippen molar-refractivity contribution >= 4 is 5.97 Å². The van der Waals surface area contributed by atoms with Crippen LogP contribution in [0, 0.1) is 13.8 Å². The van der Waals surface area contributed by atoms with Crippen molar-refractivity contribution in [3.63, 3.8) is 0 Å². The molecule has 26 heavy (non-hydrogen) atoms. The van der Waals surface area contributed by atoms with Crippen LogP contribution < -0.4 is 0 Å². The number of esters is 1. The summed E-state index contributed by atoms with van der Waals surface area (Å²) >= 11 is 0. The average molecular weight is 353 g/mol. The van der Waals surface area contributed by atoms with Gasteiger partial charge in [-0.05, 0) is 67.5 Å². The molecule has 0 saturated heterocycles. The standard InChI is InChI=1S/C21H24O2.C3H8/c1-4-17-9-10-18(13-16(17)3)20(22)23-14-21(11-12-21)19-8-6-5-7-15(19)2;1-3-2/h5-10,13H,4,11-12,14H2,1-3H3;3H2,1-2H3. The van der Waals surface area contributed by atoms with Crippen LogP contribution in [-0.2, 0) is 16.6 Å². The smallest absolute Gasteiger partial charge is 0.338 e. The van der Waals surface area contributed by atoms with E-state index < -0.39 is 0 Å². The Morgan fingerprint density at radius 2 is 1.65 bits per heavy atom. The Morgan fingerprint density at radius 3 is 2.19 bits per heavy atom. The summed E-state index contributed by atoms with van der Waals surface area (Å²) in [6.45, 7) is 11.0. The molecule has 3 rings (SSSR count). The maximum Gasteiger partial charge on any atom is 0.338 e. The van der Waals surface area contributed by atoms with Crippen LogP contribution in [-0.4, -0.2) is 12.6 Å². The number of rotatable bonds is 5. The molecule has 0 unspecified atom stereocenters. The summed E-state index contributed by atoms with van der Waals surface area (Å²) < 4.78 is 5.65. The van der Waals surface area contributed by atoms with Crippen LogP contribution in [0.3, 0.4) is 0 Å². The third kappa shape index (κ3) is 4.75. The molecule has 1 saturated carbocycles. The van der Waals surface area contributed by atoms with Gasteiger partial charge in [0, 0.05) is 5.41 Å². The average Bonchev–Trinajstić information content (AvgIpc) is 3.41. The second-order valence-corrected chi connectivity index (χ2v) is 7.37. The second kappa shape index (κ2) is 9.02. The minimum Gasteiger partial charge on any atom is -0.461 e. The Labute approximate surface area is 158 Å². The second-order valence-electron chi connectivity index (χ2n) is 7.37. The van der Waals surface area contributed by atoms with Crippen LogP contribution in [0.15, 0.2) is 42.5 Å². The van der Waals surface area contributed by atoms with E-state index in [-0.39, 0.29) is 11.4 Å². The highest BCUT2D eigenvalue weighted by Gasteiger charge is 2.46. The van der Waals surface area contributed by atoms with Crippen molar-refractivity contribution in [2.75, 3.05) is 6.61 Å². The fourth-order valence-electron chi connectivity index (χ4n) is 3.32. The van der Waals surface area contributed by atoms with Gasteiger partial charge in [0.25, 0.3) is 0 Å². The van der Waals surface area contributed by atoms with E-state index in [0.717, 1.165) is 24.8 Å². The quantitative estimate of drug-likeness (QED) is 0.601. The summed E-state index contributed by atoms with van der Waals surface area (Å²) in [4.78, 5) is 12.4. The Morgan fingerprint density at radius 1 is 1.00 bits per heavy atom. The minimum absolute atomic E-state index is 0.0411. The van der Waals surface area contributed by atoms with Gasteiger partial charge in [-0.15, -0.1) is 0 Å². The summed E-state index contributed by atoms with van der Waals surface area (Å²) in [7, 11) is 0. The molecule has 0 spiro atoms. The normalized spacial score (nSPS) is 14.2. The van der Waals surface area contributed by atoms with Crippen molar-refractivity contribution in [1.29, 1.82) is 0 Å². The molecule has 0 bridgehead atoms. The largest absolute Gasteiger partial charge is 0.461 e. The van der Waals surface area contributed by atoms with Gasteiger partial charge >= 0.3 is 5.97 Å². The lowest BCUT2D eigenvalue weighted by Crippen LogP contribution is -2.20. The number of ether oxygens (including phenoxy) is 1. The molecule has 0 N–H and O–H groups in total. The zero-order valence-electron chi connectivity index (χ0n) is 16.9. The van der Waals surface area contributed by atoms with Gasteiger partial charge in [-0.3, -0.25) is 0 Å². The van der Waals surface area contributed by atoms with Gasteiger partial charge in [0.05, 0.1) is 5.56 Å². The summed E-state index contributed by atoms with van der Waals surface area (Å²) in [6.07, 6.45) is 4.43. The Hall–Kier alpha value is -2.09. The zero-order chi connectivity index (χ0) is 19.2. The topological polar surface area (TPSA) is 26.3 Å². The highest BCUT2D eigenvalue weighted by Crippen LogP contribution is 2.49. The molecule has 0 radical (unpaired) electrons. The van der Waals surface area contributed by atoms with E-state index in [2.05, 4.69) is 52.0 Å². The van der Waals surface area contributed by atoms with Crippen molar-refractivity contribution in [3.05, 3.63) is 70.3 Å². The van der Waals surface area contributed by atoms with Gasteiger partial charge in [-0.1, -0.05) is 57.5 Å². The molecule has 0 amide bonds. The maximum atomic E-state index is 12.4. The maximum absolute atomic E-state index is 12.4. The third-order valence-corrected chi connectivity index (χ3v) is 5.01. The minimum atomic E-state index is -0.212. The van der Waals surface area contributed by atoms with Crippen LogP contribution in [0.4, 0.5) is 0 Å². The van der Waals surface area contributed by atoms with Crippen molar-refractivity contribution in [2.45, 2.75) is 65.7 Å². The molecular weight excluding hydrogens is 320 g/mol. The summed E-state index contributed by atoms with van der Waals surface area (Å²) in [5, 5.41) is 0. The number of aryl methyl sites for hydroxylation is 3. The lowest BCUT2D eigenvalue weighted by molar-refractivity contribution is 0.0465. The Bertz CT molecular complexity index is 742. The van der Waals surface area contributed by atoms with E-state index >= 15 is 0 Å². The highest BCUT2D eigenvalue weighted by atomic mass is 16.5. The summed E-state index contributed by atoms with van der Waals surface area (Å²) in [5.41, 5.74) is 5.73. The Kier molecular flexibility index (Phi) is 7.02. The SMILES string of the molecule is CCC.CCc1ccc(C(=O)OCC2(c3ccccc3C)CC2)cc1C. The van der Waals surface area contributed by atoms with Gasteiger partial charge < -0.3 is 4.74 Å². The molecule has 140 valence electrons. The van der Waals surface area contributed by atoms with Gasteiger partial charge in [0.15, 0.2) is 0 Å². The number of carbonyl (C=O) groups is 1. The number of hydrogen-bond acceptors (Lipinski definition) is 2. The first-order valence-corrected chi connectivity index (χ1v) is 9.80.